The fourth-order valence-corrected chi connectivity index (χ4v) is 1.93. The molecule has 0 aromatic carbocycles. The number of piperidine rings is 1. The van der Waals surface area contributed by atoms with E-state index in [4.69, 9.17) is 0 Å². The Labute approximate surface area is 70.8 Å². The van der Waals surface area contributed by atoms with E-state index >= 15 is 0 Å². The van der Waals surface area contributed by atoms with Gasteiger partial charge < -0.3 is 4.90 Å². The van der Waals surface area contributed by atoms with Crippen LogP contribution in [0.1, 0.15) is 33.1 Å². The number of nitrogens with zero attached hydrogens (tertiary/aromatic N) is 1. The molecule has 1 aliphatic heterocycles. The molecule has 0 amide bonds. The van der Waals surface area contributed by atoms with E-state index in [1.807, 2.05) is 0 Å². The second kappa shape index (κ2) is 4.10. The first-order valence-corrected chi connectivity index (χ1v) is 4.92. The summed E-state index contributed by atoms with van der Waals surface area (Å²) >= 11 is 0. The third-order valence-corrected chi connectivity index (χ3v) is 3.21. The summed E-state index contributed by atoms with van der Waals surface area (Å²) in [5, 5.41) is 0. The largest absolute Gasteiger partial charge is 0.306 e. The van der Waals surface area contributed by atoms with E-state index in [1.54, 1.807) is 0 Å². The van der Waals surface area contributed by atoms with Gasteiger partial charge in [-0.3, -0.25) is 0 Å². The Bertz CT molecular complexity index is 103. The van der Waals surface area contributed by atoms with E-state index in [2.05, 4.69) is 25.8 Å². The van der Waals surface area contributed by atoms with Crippen LogP contribution in [0, 0.1) is 11.8 Å². The smallest absolute Gasteiger partial charge is 0.00190 e. The Morgan fingerprint density at radius 3 is 2.36 bits per heavy atom. The van der Waals surface area contributed by atoms with E-state index in [1.165, 1.54) is 32.4 Å². The van der Waals surface area contributed by atoms with Gasteiger partial charge in [0.2, 0.25) is 0 Å². The molecule has 1 fully saturated rings. The Hall–Kier alpha value is -0.0400. The monoisotopic (exact) mass is 155 g/mol. The summed E-state index contributed by atoms with van der Waals surface area (Å²) in [4.78, 5) is 2.44. The molecule has 66 valence electrons. The van der Waals surface area contributed by atoms with Gasteiger partial charge in [-0.2, -0.15) is 0 Å². The molecular formula is C10H21N. The Balaban J connectivity index is 2.27. The van der Waals surface area contributed by atoms with Crippen LogP contribution in [0.2, 0.25) is 0 Å². The van der Waals surface area contributed by atoms with E-state index in [0.717, 1.165) is 11.8 Å². The van der Waals surface area contributed by atoms with Crippen molar-refractivity contribution in [2.45, 2.75) is 33.1 Å². The van der Waals surface area contributed by atoms with Crippen molar-refractivity contribution in [2.75, 3.05) is 20.1 Å². The fourth-order valence-electron chi connectivity index (χ4n) is 1.93. The van der Waals surface area contributed by atoms with E-state index in [-0.39, 0.29) is 0 Å². The zero-order valence-corrected chi connectivity index (χ0v) is 8.14. The highest BCUT2D eigenvalue weighted by Crippen LogP contribution is 2.25. The Morgan fingerprint density at radius 1 is 1.36 bits per heavy atom. The molecule has 1 atom stereocenters. The molecule has 1 aliphatic rings. The SMILES string of the molecule is CCC(C)C1CCN(C)CC1. The molecule has 0 aliphatic carbocycles. The van der Waals surface area contributed by atoms with E-state index in [9.17, 15) is 0 Å². The normalized spacial score (nSPS) is 25.4. The van der Waals surface area contributed by atoms with Gasteiger partial charge in [-0.05, 0) is 44.8 Å². The molecule has 1 unspecified atom stereocenters. The predicted octanol–water partition coefficient (Wildman–Crippen LogP) is 2.37. The van der Waals surface area contributed by atoms with Crippen molar-refractivity contribution in [2.24, 2.45) is 11.8 Å². The summed E-state index contributed by atoms with van der Waals surface area (Å²) in [5.74, 6) is 1.96. The van der Waals surface area contributed by atoms with Crippen LogP contribution in [0.4, 0.5) is 0 Å². The topological polar surface area (TPSA) is 3.24 Å². The average Bonchev–Trinajstić information content (AvgIpc) is 2.05. The van der Waals surface area contributed by atoms with Crippen molar-refractivity contribution >= 4 is 0 Å². The highest BCUT2D eigenvalue weighted by atomic mass is 15.1. The molecule has 0 radical (unpaired) electrons. The average molecular weight is 155 g/mol. The molecule has 0 N–H and O–H groups in total. The summed E-state index contributed by atoms with van der Waals surface area (Å²) in [6.07, 6.45) is 4.20. The maximum Gasteiger partial charge on any atom is -0.00190 e. The third kappa shape index (κ3) is 2.48. The third-order valence-electron chi connectivity index (χ3n) is 3.21. The summed E-state index contributed by atoms with van der Waals surface area (Å²) in [6.45, 7) is 7.34. The highest BCUT2D eigenvalue weighted by molar-refractivity contribution is 4.73. The molecule has 0 spiro atoms. The Kier molecular flexibility index (Phi) is 3.38. The molecular weight excluding hydrogens is 134 g/mol. The van der Waals surface area contributed by atoms with Crippen molar-refractivity contribution < 1.29 is 0 Å². The molecule has 0 bridgehead atoms. The van der Waals surface area contributed by atoms with Crippen LogP contribution in [-0.4, -0.2) is 25.0 Å². The van der Waals surface area contributed by atoms with Gasteiger partial charge in [0.15, 0.2) is 0 Å². The minimum atomic E-state index is 0.948. The maximum absolute atomic E-state index is 2.44. The number of rotatable bonds is 2. The van der Waals surface area contributed by atoms with Crippen molar-refractivity contribution in [3.63, 3.8) is 0 Å². The first kappa shape index (κ1) is 9.05. The summed E-state index contributed by atoms with van der Waals surface area (Å²) in [6, 6.07) is 0. The second-order valence-electron chi connectivity index (χ2n) is 4.03. The summed E-state index contributed by atoms with van der Waals surface area (Å²) in [7, 11) is 2.23. The van der Waals surface area contributed by atoms with Gasteiger partial charge in [0.25, 0.3) is 0 Å². The quantitative estimate of drug-likeness (QED) is 0.592. The predicted molar refractivity (Wildman–Crippen MR) is 49.7 cm³/mol. The van der Waals surface area contributed by atoms with Gasteiger partial charge in [-0.15, -0.1) is 0 Å². The van der Waals surface area contributed by atoms with Crippen LogP contribution in [-0.2, 0) is 0 Å². The first-order chi connectivity index (χ1) is 5.24. The minimum absolute atomic E-state index is 0.948. The lowest BCUT2D eigenvalue weighted by Crippen LogP contribution is -2.32. The molecule has 1 rings (SSSR count). The second-order valence-corrected chi connectivity index (χ2v) is 4.03. The van der Waals surface area contributed by atoms with Crippen molar-refractivity contribution in [3.8, 4) is 0 Å². The zero-order chi connectivity index (χ0) is 8.27. The van der Waals surface area contributed by atoms with Crippen LogP contribution in [0.3, 0.4) is 0 Å². The van der Waals surface area contributed by atoms with Crippen LogP contribution in [0.15, 0.2) is 0 Å². The van der Waals surface area contributed by atoms with Gasteiger partial charge in [0, 0.05) is 0 Å². The van der Waals surface area contributed by atoms with Gasteiger partial charge in [-0.25, -0.2) is 0 Å². The van der Waals surface area contributed by atoms with Gasteiger partial charge in [0.05, 0.1) is 0 Å². The zero-order valence-electron chi connectivity index (χ0n) is 8.14. The molecule has 0 aromatic heterocycles. The standard InChI is InChI=1S/C10H21N/c1-4-9(2)10-5-7-11(3)8-6-10/h9-10H,4-8H2,1-3H3. The first-order valence-electron chi connectivity index (χ1n) is 4.92. The van der Waals surface area contributed by atoms with Crippen molar-refractivity contribution in [1.29, 1.82) is 0 Å². The van der Waals surface area contributed by atoms with Crippen LogP contribution in [0.25, 0.3) is 0 Å². The fraction of sp³-hybridized carbons (Fsp3) is 1.00. The van der Waals surface area contributed by atoms with E-state index in [0.29, 0.717) is 0 Å². The lowest BCUT2D eigenvalue weighted by atomic mass is 9.84. The van der Waals surface area contributed by atoms with E-state index < -0.39 is 0 Å². The summed E-state index contributed by atoms with van der Waals surface area (Å²) < 4.78 is 0. The number of hydrogen-bond acceptors (Lipinski definition) is 1. The van der Waals surface area contributed by atoms with Crippen molar-refractivity contribution in [3.05, 3.63) is 0 Å². The van der Waals surface area contributed by atoms with Gasteiger partial charge >= 0.3 is 0 Å². The van der Waals surface area contributed by atoms with Gasteiger partial charge in [-0.1, -0.05) is 20.3 Å². The summed E-state index contributed by atoms with van der Waals surface area (Å²) in [5.41, 5.74) is 0. The molecule has 1 heterocycles. The number of likely N-dealkylation sites (tertiary alicyclic amines) is 1. The lowest BCUT2D eigenvalue weighted by molar-refractivity contribution is 0.175. The van der Waals surface area contributed by atoms with Crippen LogP contribution < -0.4 is 0 Å². The van der Waals surface area contributed by atoms with Crippen LogP contribution in [0.5, 0.6) is 0 Å². The molecule has 0 saturated carbocycles. The maximum atomic E-state index is 2.44. The van der Waals surface area contributed by atoms with Crippen molar-refractivity contribution in [1.82, 2.24) is 4.90 Å². The molecule has 1 saturated heterocycles. The van der Waals surface area contributed by atoms with Gasteiger partial charge in [0.1, 0.15) is 0 Å². The molecule has 1 heteroatoms. The van der Waals surface area contributed by atoms with Crippen LogP contribution >= 0.6 is 0 Å². The molecule has 1 nitrogen and oxygen atoms in total. The molecule has 0 aromatic rings. The molecule has 11 heavy (non-hydrogen) atoms. The Morgan fingerprint density at radius 2 is 1.91 bits per heavy atom. The minimum Gasteiger partial charge on any atom is -0.306 e. The lowest BCUT2D eigenvalue weighted by Gasteiger charge is -2.32. The number of hydrogen-bond donors (Lipinski definition) is 0. The highest BCUT2D eigenvalue weighted by Gasteiger charge is 2.20.